The van der Waals surface area contributed by atoms with E-state index in [1.54, 1.807) is 11.3 Å². The van der Waals surface area contributed by atoms with Gasteiger partial charge in [0.15, 0.2) is 0 Å². The van der Waals surface area contributed by atoms with E-state index >= 15 is 0 Å². The van der Waals surface area contributed by atoms with E-state index in [0.29, 0.717) is 6.04 Å². The smallest absolute Gasteiger partial charge is 0.0701 e. The first-order valence-electron chi connectivity index (χ1n) is 6.66. The monoisotopic (exact) mass is 341 g/mol. The van der Waals surface area contributed by atoms with Gasteiger partial charge in [-0.15, -0.1) is 11.3 Å². The quantitative estimate of drug-likeness (QED) is 0.862. The lowest BCUT2D eigenvalue weighted by atomic mass is 10.1. The molecule has 0 radical (unpaired) electrons. The molecule has 3 nitrogen and oxygen atoms in total. The third-order valence-electron chi connectivity index (χ3n) is 3.07. The molecule has 2 rings (SSSR count). The number of rotatable bonds is 6. The minimum Gasteiger partial charge on any atom is -0.309 e. The summed E-state index contributed by atoms with van der Waals surface area (Å²) in [6.45, 7) is 8.22. The summed E-state index contributed by atoms with van der Waals surface area (Å²) in [4.78, 5) is 1.39. The molecule has 1 unspecified atom stereocenters. The maximum Gasteiger partial charge on any atom is 0.0701 e. The van der Waals surface area contributed by atoms with Crippen LogP contribution in [0, 0.1) is 6.92 Å². The van der Waals surface area contributed by atoms with Crippen molar-refractivity contribution in [1.82, 2.24) is 15.1 Å². The number of aryl methyl sites for hydroxylation is 2. The Morgan fingerprint density at radius 1 is 1.42 bits per heavy atom. The minimum absolute atomic E-state index is 0.330. The Labute approximate surface area is 127 Å². The molecule has 0 aliphatic rings. The van der Waals surface area contributed by atoms with Crippen LogP contribution in [-0.2, 0) is 13.0 Å². The number of halogens is 1. The second-order valence-electron chi connectivity index (χ2n) is 4.55. The summed E-state index contributed by atoms with van der Waals surface area (Å²) < 4.78 is 3.30. The van der Waals surface area contributed by atoms with E-state index in [9.17, 15) is 0 Å². The van der Waals surface area contributed by atoms with Crippen LogP contribution in [0.2, 0.25) is 0 Å². The van der Waals surface area contributed by atoms with Crippen molar-refractivity contribution in [2.75, 3.05) is 6.54 Å². The van der Waals surface area contributed by atoms with E-state index in [1.165, 1.54) is 14.4 Å². The standard InChI is InChI=1S/C14H20BrN3S/c1-4-16-12(9-11-6-7-14(15)19-11)13-8-10(3)17-18(13)5-2/h6-8,12,16H,4-5,9H2,1-3H3. The van der Waals surface area contributed by atoms with Crippen LogP contribution in [0.3, 0.4) is 0 Å². The Balaban J connectivity index is 2.23. The lowest BCUT2D eigenvalue weighted by molar-refractivity contribution is 0.492. The van der Waals surface area contributed by atoms with Crippen LogP contribution in [-0.4, -0.2) is 16.3 Å². The van der Waals surface area contributed by atoms with Gasteiger partial charge in [-0.05, 0) is 54.5 Å². The fraction of sp³-hybridized carbons (Fsp3) is 0.500. The summed E-state index contributed by atoms with van der Waals surface area (Å²) >= 11 is 5.33. The Bertz CT molecular complexity index is 533. The molecule has 2 aromatic heterocycles. The van der Waals surface area contributed by atoms with Crippen LogP contribution in [0.5, 0.6) is 0 Å². The van der Waals surface area contributed by atoms with Crippen LogP contribution in [0.25, 0.3) is 0 Å². The molecule has 19 heavy (non-hydrogen) atoms. The topological polar surface area (TPSA) is 29.9 Å². The second kappa shape index (κ2) is 6.68. The van der Waals surface area contributed by atoms with Crippen molar-refractivity contribution in [2.24, 2.45) is 0 Å². The molecule has 0 bridgehead atoms. The Kier molecular flexibility index (Phi) is 5.19. The third kappa shape index (κ3) is 3.68. The third-order valence-corrected chi connectivity index (χ3v) is 4.72. The predicted molar refractivity (Wildman–Crippen MR) is 84.8 cm³/mol. The van der Waals surface area contributed by atoms with Crippen molar-refractivity contribution in [2.45, 2.75) is 39.8 Å². The molecule has 2 aromatic rings. The van der Waals surface area contributed by atoms with E-state index in [-0.39, 0.29) is 0 Å². The van der Waals surface area contributed by atoms with Gasteiger partial charge in [-0.25, -0.2) is 0 Å². The van der Waals surface area contributed by atoms with Crippen molar-refractivity contribution >= 4 is 27.3 Å². The SMILES string of the molecule is CCNC(Cc1ccc(Br)s1)c1cc(C)nn1CC. The van der Waals surface area contributed by atoms with Gasteiger partial charge in [-0.2, -0.15) is 5.10 Å². The Morgan fingerprint density at radius 3 is 2.79 bits per heavy atom. The number of thiophene rings is 1. The molecule has 1 N–H and O–H groups in total. The molecule has 2 heterocycles. The molecule has 0 aliphatic heterocycles. The molecular weight excluding hydrogens is 322 g/mol. The van der Waals surface area contributed by atoms with Crippen LogP contribution >= 0.6 is 27.3 Å². The maximum absolute atomic E-state index is 4.55. The van der Waals surface area contributed by atoms with Crippen LogP contribution in [0.15, 0.2) is 22.0 Å². The normalized spacial score (nSPS) is 12.8. The molecule has 0 amide bonds. The zero-order valence-corrected chi connectivity index (χ0v) is 14.0. The van der Waals surface area contributed by atoms with Gasteiger partial charge >= 0.3 is 0 Å². The van der Waals surface area contributed by atoms with E-state index in [1.807, 2.05) is 0 Å². The van der Waals surface area contributed by atoms with E-state index in [0.717, 1.165) is 25.2 Å². The largest absolute Gasteiger partial charge is 0.309 e. The van der Waals surface area contributed by atoms with Gasteiger partial charge in [0, 0.05) is 17.8 Å². The fourth-order valence-electron chi connectivity index (χ4n) is 2.29. The fourth-order valence-corrected chi connectivity index (χ4v) is 3.82. The zero-order chi connectivity index (χ0) is 13.8. The predicted octanol–water partition coefficient (Wildman–Crippen LogP) is 3.93. The summed E-state index contributed by atoms with van der Waals surface area (Å²) in [5.74, 6) is 0. The average molecular weight is 342 g/mol. The first kappa shape index (κ1) is 14.8. The van der Waals surface area contributed by atoms with E-state index < -0.39 is 0 Å². The van der Waals surface area contributed by atoms with Crippen molar-refractivity contribution in [3.05, 3.63) is 38.3 Å². The summed E-state index contributed by atoms with van der Waals surface area (Å²) in [7, 11) is 0. The highest BCUT2D eigenvalue weighted by Gasteiger charge is 2.17. The van der Waals surface area contributed by atoms with Crippen LogP contribution in [0.1, 0.15) is 36.2 Å². The number of hydrogen-bond acceptors (Lipinski definition) is 3. The van der Waals surface area contributed by atoms with Crippen LogP contribution < -0.4 is 5.32 Å². The van der Waals surface area contributed by atoms with Gasteiger partial charge in [-0.1, -0.05) is 6.92 Å². The molecule has 0 saturated heterocycles. The molecule has 0 spiro atoms. The van der Waals surface area contributed by atoms with Crippen molar-refractivity contribution in [1.29, 1.82) is 0 Å². The van der Waals surface area contributed by atoms with Crippen molar-refractivity contribution in [3.8, 4) is 0 Å². The summed E-state index contributed by atoms with van der Waals surface area (Å²) in [5, 5.41) is 8.13. The van der Waals surface area contributed by atoms with Gasteiger partial charge < -0.3 is 5.32 Å². The molecule has 0 aliphatic carbocycles. The molecule has 5 heteroatoms. The maximum atomic E-state index is 4.55. The highest BCUT2D eigenvalue weighted by atomic mass is 79.9. The van der Waals surface area contributed by atoms with Gasteiger partial charge in [0.1, 0.15) is 0 Å². The summed E-state index contributed by atoms with van der Waals surface area (Å²) in [5.41, 5.74) is 2.37. The highest BCUT2D eigenvalue weighted by molar-refractivity contribution is 9.11. The molecular formula is C14H20BrN3S. The van der Waals surface area contributed by atoms with Gasteiger partial charge in [0.05, 0.1) is 21.2 Å². The van der Waals surface area contributed by atoms with Gasteiger partial charge in [0.2, 0.25) is 0 Å². The molecule has 104 valence electrons. The second-order valence-corrected chi connectivity index (χ2v) is 7.09. The number of aromatic nitrogens is 2. The number of likely N-dealkylation sites (N-methyl/N-ethyl adjacent to an activating group) is 1. The van der Waals surface area contributed by atoms with Crippen LogP contribution in [0.4, 0.5) is 0 Å². The lowest BCUT2D eigenvalue weighted by Gasteiger charge is -2.18. The molecule has 0 saturated carbocycles. The average Bonchev–Trinajstić information content (AvgIpc) is 2.94. The van der Waals surface area contributed by atoms with Gasteiger partial charge in [0.25, 0.3) is 0 Å². The minimum atomic E-state index is 0.330. The van der Waals surface area contributed by atoms with Gasteiger partial charge in [-0.3, -0.25) is 4.68 Å². The molecule has 1 atom stereocenters. The highest BCUT2D eigenvalue weighted by Crippen LogP contribution is 2.27. The zero-order valence-electron chi connectivity index (χ0n) is 11.6. The number of nitrogens with one attached hydrogen (secondary N) is 1. The van der Waals surface area contributed by atoms with E-state index in [4.69, 9.17) is 0 Å². The van der Waals surface area contributed by atoms with E-state index in [2.05, 4.69) is 70.0 Å². The molecule has 0 aromatic carbocycles. The Hall–Kier alpha value is -0.650. The molecule has 0 fully saturated rings. The summed E-state index contributed by atoms with van der Waals surface area (Å²) in [6, 6.07) is 6.83. The van der Waals surface area contributed by atoms with Crippen molar-refractivity contribution in [3.63, 3.8) is 0 Å². The first-order chi connectivity index (χ1) is 9.13. The summed E-state index contributed by atoms with van der Waals surface area (Å²) in [6.07, 6.45) is 1.01. The lowest BCUT2D eigenvalue weighted by Crippen LogP contribution is -2.25. The number of hydrogen-bond donors (Lipinski definition) is 1. The first-order valence-corrected chi connectivity index (χ1v) is 8.27. The van der Waals surface area contributed by atoms with Crippen molar-refractivity contribution < 1.29 is 0 Å². The number of nitrogens with zero attached hydrogens (tertiary/aromatic N) is 2. The Morgan fingerprint density at radius 2 is 2.21 bits per heavy atom.